The van der Waals surface area contributed by atoms with E-state index in [-0.39, 0.29) is 24.3 Å². The summed E-state index contributed by atoms with van der Waals surface area (Å²) in [6.07, 6.45) is 2.19. The summed E-state index contributed by atoms with van der Waals surface area (Å²) in [6, 6.07) is -0.992. The number of nitrogens with zero attached hydrogens (tertiary/aromatic N) is 3. The maximum absolute atomic E-state index is 13.1. The summed E-state index contributed by atoms with van der Waals surface area (Å²) in [5.41, 5.74) is 0.964. The summed E-state index contributed by atoms with van der Waals surface area (Å²) in [4.78, 5) is 59.2. The molecule has 10 nitrogen and oxygen atoms in total. The van der Waals surface area contributed by atoms with Crippen LogP contribution >= 0.6 is 11.3 Å². The van der Waals surface area contributed by atoms with Gasteiger partial charge in [-0.3, -0.25) is 19.3 Å². The third-order valence-corrected chi connectivity index (χ3v) is 7.27. The van der Waals surface area contributed by atoms with Crippen LogP contribution < -0.4 is 10.6 Å². The van der Waals surface area contributed by atoms with E-state index in [1.807, 2.05) is 0 Å². The molecule has 1 fully saturated rings. The van der Waals surface area contributed by atoms with Crippen molar-refractivity contribution >= 4 is 35.0 Å². The van der Waals surface area contributed by atoms with Crippen molar-refractivity contribution < 1.29 is 23.9 Å². The molecule has 182 valence electrons. The first-order valence-corrected chi connectivity index (χ1v) is 12.3. The highest BCUT2D eigenvalue weighted by Gasteiger charge is 2.37. The first-order chi connectivity index (χ1) is 15.7. The average molecular weight is 480 g/mol. The first-order valence-electron chi connectivity index (χ1n) is 11.4. The van der Waals surface area contributed by atoms with Crippen molar-refractivity contribution in [1.82, 2.24) is 25.4 Å². The number of ether oxygens (including phenoxy) is 1. The predicted octanol–water partition coefficient (Wildman–Crippen LogP) is 0.556. The van der Waals surface area contributed by atoms with Gasteiger partial charge >= 0.3 is 11.9 Å². The largest absolute Gasteiger partial charge is 0.459 e. The zero-order valence-corrected chi connectivity index (χ0v) is 20.5. The van der Waals surface area contributed by atoms with Crippen LogP contribution in [0.5, 0.6) is 0 Å². The summed E-state index contributed by atoms with van der Waals surface area (Å²) < 4.78 is 4.77. The van der Waals surface area contributed by atoms with Crippen molar-refractivity contribution in [3.63, 3.8) is 0 Å². The van der Waals surface area contributed by atoms with Gasteiger partial charge in [-0.25, -0.2) is 9.78 Å². The summed E-state index contributed by atoms with van der Waals surface area (Å²) in [7, 11) is 3.40. The van der Waals surface area contributed by atoms with Crippen LogP contribution in [0.3, 0.4) is 0 Å². The zero-order valence-electron chi connectivity index (χ0n) is 19.7. The third-order valence-electron chi connectivity index (χ3n) is 6.19. The minimum absolute atomic E-state index is 0.0196. The molecule has 3 rings (SSSR count). The van der Waals surface area contributed by atoms with E-state index >= 15 is 0 Å². The van der Waals surface area contributed by atoms with Gasteiger partial charge in [-0.2, -0.15) is 0 Å². The maximum Gasteiger partial charge on any atom is 0.396 e. The molecule has 11 heteroatoms. The van der Waals surface area contributed by atoms with Crippen molar-refractivity contribution in [2.24, 2.45) is 5.92 Å². The quantitative estimate of drug-likeness (QED) is 0.452. The van der Waals surface area contributed by atoms with E-state index in [1.165, 1.54) is 16.2 Å². The number of rotatable bonds is 6. The summed E-state index contributed by atoms with van der Waals surface area (Å²) in [5.74, 6) is -2.42. The molecule has 0 radical (unpaired) electrons. The molecule has 1 aromatic heterocycles. The van der Waals surface area contributed by atoms with E-state index in [0.717, 1.165) is 36.6 Å². The highest BCUT2D eigenvalue weighted by atomic mass is 32.1. The molecule has 0 bridgehead atoms. The summed E-state index contributed by atoms with van der Waals surface area (Å²) >= 11 is 1.39. The number of amides is 3. The van der Waals surface area contributed by atoms with E-state index in [9.17, 15) is 19.2 Å². The van der Waals surface area contributed by atoms with Crippen molar-refractivity contribution in [3.8, 4) is 0 Å². The molecule has 1 aliphatic carbocycles. The minimum Gasteiger partial charge on any atom is -0.459 e. The van der Waals surface area contributed by atoms with Crippen molar-refractivity contribution in [1.29, 1.82) is 0 Å². The average Bonchev–Trinajstić information content (AvgIpc) is 3.23. The first kappa shape index (κ1) is 25.1. The molecule has 0 spiro atoms. The van der Waals surface area contributed by atoms with Crippen LogP contribution in [0.4, 0.5) is 0 Å². The molecule has 2 aliphatic rings. The van der Waals surface area contributed by atoms with E-state index in [2.05, 4.69) is 27.4 Å². The lowest BCUT2D eigenvalue weighted by atomic mass is 9.81. The van der Waals surface area contributed by atoms with Gasteiger partial charge in [-0.05, 0) is 32.7 Å². The Bertz CT molecular complexity index is 902. The number of likely N-dealkylation sites (N-methyl/N-ethyl adjacent to an activating group) is 1. The SMILES string of the molecule is CCOC(=O)C(=O)N[C@H]1CC[C@H](C(=O)N(C)C)C[C@H]1NC(=O)c1nc2c(s1)CN(CC)CC2. The zero-order chi connectivity index (χ0) is 24.1. The number of nitrogens with one attached hydrogen (secondary N) is 2. The molecule has 3 amide bonds. The molecule has 1 aromatic rings. The number of fused-ring (bicyclic) bond motifs is 1. The van der Waals surface area contributed by atoms with Crippen LogP contribution in [0.2, 0.25) is 0 Å². The lowest BCUT2D eigenvalue weighted by molar-refractivity contribution is -0.155. The highest BCUT2D eigenvalue weighted by Crippen LogP contribution is 2.28. The molecule has 0 aromatic carbocycles. The molecule has 3 atom stereocenters. The molecule has 0 unspecified atom stereocenters. The van der Waals surface area contributed by atoms with Crippen LogP contribution in [0.25, 0.3) is 0 Å². The Kier molecular flexibility index (Phi) is 8.41. The molecule has 1 aliphatic heterocycles. The standard InChI is InChI=1S/C22H33N5O5S/c1-5-27-10-9-15-17(12-27)33-20(25-15)18(28)24-16-11-13(21(30)26(3)4)7-8-14(16)23-19(29)22(31)32-6-2/h13-14,16H,5-12H2,1-4H3,(H,23,29)(H,24,28)/t13-,14-,16+/m0/s1. The Morgan fingerprint density at radius 2 is 1.91 bits per heavy atom. The van der Waals surface area contributed by atoms with Crippen molar-refractivity contribution in [2.75, 3.05) is 33.8 Å². The van der Waals surface area contributed by atoms with Gasteiger partial charge in [0.1, 0.15) is 0 Å². The van der Waals surface area contributed by atoms with E-state index in [4.69, 9.17) is 4.74 Å². The highest BCUT2D eigenvalue weighted by molar-refractivity contribution is 7.13. The number of hydrogen-bond acceptors (Lipinski definition) is 8. The fourth-order valence-electron chi connectivity index (χ4n) is 4.36. The van der Waals surface area contributed by atoms with Gasteiger partial charge in [-0.15, -0.1) is 11.3 Å². The second kappa shape index (κ2) is 11.1. The number of hydrogen-bond donors (Lipinski definition) is 2. The maximum atomic E-state index is 13.1. The molecular weight excluding hydrogens is 446 g/mol. The normalized spacial score (nSPS) is 22.7. The fourth-order valence-corrected chi connectivity index (χ4v) is 5.42. The molecule has 33 heavy (non-hydrogen) atoms. The van der Waals surface area contributed by atoms with Crippen molar-refractivity contribution in [3.05, 3.63) is 15.6 Å². The van der Waals surface area contributed by atoms with Gasteiger partial charge in [0.05, 0.1) is 18.3 Å². The van der Waals surface area contributed by atoms with Crippen molar-refractivity contribution in [2.45, 2.75) is 58.2 Å². The summed E-state index contributed by atoms with van der Waals surface area (Å²) in [6.45, 7) is 6.49. The van der Waals surface area contributed by atoms with Gasteiger partial charge in [0.25, 0.3) is 5.91 Å². The number of esters is 1. The molecule has 2 N–H and O–H groups in total. The minimum atomic E-state index is -0.956. The Balaban J connectivity index is 1.73. The van der Waals surface area contributed by atoms with Gasteiger partial charge in [0.15, 0.2) is 5.01 Å². The van der Waals surface area contributed by atoms with Gasteiger partial charge in [-0.1, -0.05) is 6.92 Å². The Morgan fingerprint density at radius 1 is 1.15 bits per heavy atom. The Labute approximate surface area is 198 Å². The second-order valence-electron chi connectivity index (χ2n) is 8.63. The molecule has 2 heterocycles. The Hall–Kier alpha value is -2.53. The van der Waals surface area contributed by atoms with Crippen LogP contribution in [0.15, 0.2) is 0 Å². The topological polar surface area (TPSA) is 121 Å². The molecule has 0 saturated heterocycles. The molecular formula is C22H33N5O5S. The van der Waals surface area contributed by atoms with E-state index < -0.39 is 24.0 Å². The van der Waals surface area contributed by atoms with E-state index in [0.29, 0.717) is 24.3 Å². The van der Waals surface area contributed by atoms with Gasteiger partial charge < -0.3 is 20.3 Å². The molecule has 1 saturated carbocycles. The number of thiazole rings is 1. The van der Waals surface area contributed by atoms with Crippen LogP contribution in [-0.4, -0.2) is 84.4 Å². The van der Waals surface area contributed by atoms with Gasteiger partial charge in [0.2, 0.25) is 5.91 Å². The lowest BCUT2D eigenvalue weighted by Gasteiger charge is -2.36. The lowest BCUT2D eigenvalue weighted by Crippen LogP contribution is -2.57. The monoisotopic (exact) mass is 479 g/mol. The second-order valence-corrected chi connectivity index (χ2v) is 9.71. The summed E-state index contributed by atoms with van der Waals surface area (Å²) in [5, 5.41) is 6.05. The number of carbonyl (C=O) groups excluding carboxylic acids is 4. The van der Waals surface area contributed by atoms with E-state index in [1.54, 1.807) is 21.0 Å². The van der Waals surface area contributed by atoms with Crippen LogP contribution in [-0.2, 0) is 32.1 Å². The van der Waals surface area contributed by atoms with Crippen LogP contribution in [0.1, 0.15) is 53.5 Å². The fraction of sp³-hybridized carbons (Fsp3) is 0.682. The smallest absolute Gasteiger partial charge is 0.396 e. The Morgan fingerprint density at radius 3 is 2.58 bits per heavy atom. The van der Waals surface area contributed by atoms with Gasteiger partial charge in [0, 0.05) is 50.4 Å². The van der Waals surface area contributed by atoms with Crippen LogP contribution in [0, 0.1) is 5.92 Å². The number of aromatic nitrogens is 1. The number of carbonyl (C=O) groups is 4. The third kappa shape index (κ3) is 6.08. The predicted molar refractivity (Wildman–Crippen MR) is 123 cm³/mol.